The van der Waals surface area contributed by atoms with E-state index in [4.69, 9.17) is 23.2 Å². The van der Waals surface area contributed by atoms with E-state index in [-0.39, 0.29) is 32.5 Å². The molecule has 0 aromatic heterocycles. The van der Waals surface area contributed by atoms with Gasteiger partial charge in [0.25, 0.3) is 17.1 Å². The fraction of sp³-hybridized carbons (Fsp3) is 0.0714. The number of nitro groups is 3. The summed E-state index contributed by atoms with van der Waals surface area (Å²) in [5, 5.41) is 44.4. The molecular weight excluding hydrogens is 405 g/mol. The van der Waals surface area contributed by atoms with Crippen LogP contribution in [0.3, 0.4) is 0 Å². The first kappa shape index (κ1) is 19.8. The maximum atomic E-state index is 11.3. The molecule has 0 radical (unpaired) electrons. The van der Waals surface area contributed by atoms with Crippen molar-refractivity contribution in [3.63, 3.8) is 0 Å². The molecule has 0 aliphatic carbocycles. The number of nitrogens with one attached hydrogen (secondary N) is 1. The predicted molar refractivity (Wildman–Crippen MR) is 95.6 cm³/mol. The van der Waals surface area contributed by atoms with Gasteiger partial charge < -0.3 is 5.32 Å². The Morgan fingerprint density at radius 1 is 0.963 bits per heavy atom. The fourth-order valence-corrected chi connectivity index (χ4v) is 2.71. The Hall–Kier alpha value is -3.49. The van der Waals surface area contributed by atoms with Gasteiger partial charge >= 0.3 is 0 Å². The smallest absolute Gasteiger partial charge is 0.299 e. The first-order valence-electron chi connectivity index (χ1n) is 6.85. The number of halogens is 2. The van der Waals surface area contributed by atoms with Crippen molar-refractivity contribution in [2.24, 2.45) is 0 Å². The molecule has 0 aliphatic rings. The van der Waals surface area contributed by atoms with Gasteiger partial charge in [0.1, 0.15) is 16.8 Å². The molecule has 0 unspecified atom stereocenters. The van der Waals surface area contributed by atoms with Crippen molar-refractivity contribution >= 4 is 51.6 Å². The van der Waals surface area contributed by atoms with Crippen LogP contribution in [-0.2, 0) is 0 Å². The van der Waals surface area contributed by atoms with Crippen LogP contribution in [0, 0.1) is 48.6 Å². The van der Waals surface area contributed by atoms with Crippen LogP contribution >= 0.6 is 23.2 Å². The topological polar surface area (TPSA) is 165 Å². The molecule has 0 aliphatic heterocycles. The minimum atomic E-state index is -0.871. The molecule has 1 N–H and O–H groups in total. The Labute approximate surface area is 160 Å². The molecule has 0 saturated heterocycles. The van der Waals surface area contributed by atoms with Gasteiger partial charge in [-0.3, -0.25) is 30.3 Å². The largest absolute Gasteiger partial charge is 0.347 e. The lowest BCUT2D eigenvalue weighted by atomic mass is 10.1. The third-order valence-corrected chi connectivity index (χ3v) is 4.28. The van der Waals surface area contributed by atoms with E-state index in [1.54, 1.807) is 6.07 Å². The van der Waals surface area contributed by atoms with Crippen LogP contribution in [0.1, 0.15) is 11.1 Å². The summed E-state index contributed by atoms with van der Waals surface area (Å²) in [6.07, 6.45) is 0. The molecule has 0 heterocycles. The SMILES string of the molecule is Cc1c(Cl)c([N+](=O)[O-])cc([N+](=O)[O-])c1Nc1c(Cl)cc([N+](=O)[O-])cc1C#N. The van der Waals surface area contributed by atoms with Crippen LogP contribution in [0.25, 0.3) is 0 Å². The third-order valence-electron chi connectivity index (χ3n) is 3.51. The normalized spacial score (nSPS) is 10.1. The summed E-state index contributed by atoms with van der Waals surface area (Å²) in [7, 11) is 0. The highest BCUT2D eigenvalue weighted by Gasteiger charge is 2.28. The third kappa shape index (κ3) is 3.71. The monoisotopic (exact) mass is 411 g/mol. The number of nitrogens with zero attached hydrogens (tertiary/aromatic N) is 4. The predicted octanol–water partition coefficient (Wildman–Crippen LogP) is 4.64. The summed E-state index contributed by atoms with van der Waals surface area (Å²) in [4.78, 5) is 30.8. The van der Waals surface area contributed by atoms with E-state index in [1.165, 1.54) is 6.92 Å². The highest BCUT2D eigenvalue weighted by Crippen LogP contribution is 2.43. The highest BCUT2D eigenvalue weighted by molar-refractivity contribution is 6.35. The molecule has 0 spiro atoms. The molecule has 2 aromatic carbocycles. The van der Waals surface area contributed by atoms with Crippen LogP contribution in [0.4, 0.5) is 28.4 Å². The second-order valence-corrected chi connectivity index (χ2v) is 5.87. The van der Waals surface area contributed by atoms with Crippen LogP contribution < -0.4 is 5.32 Å². The lowest BCUT2D eigenvalue weighted by Crippen LogP contribution is -2.04. The van der Waals surface area contributed by atoms with Crippen molar-refractivity contribution in [2.75, 3.05) is 5.32 Å². The zero-order chi connectivity index (χ0) is 20.5. The molecule has 2 aromatic rings. The number of hydrogen-bond donors (Lipinski definition) is 1. The summed E-state index contributed by atoms with van der Waals surface area (Å²) in [6, 6.07) is 4.26. The van der Waals surface area contributed by atoms with Gasteiger partial charge in [0.05, 0.1) is 37.1 Å². The van der Waals surface area contributed by atoms with Gasteiger partial charge in [-0.05, 0) is 6.92 Å². The van der Waals surface area contributed by atoms with E-state index in [1.807, 2.05) is 0 Å². The summed E-state index contributed by atoms with van der Waals surface area (Å²) in [5.74, 6) is 0. The second kappa shape index (κ2) is 7.40. The summed E-state index contributed by atoms with van der Waals surface area (Å²) in [6.45, 7) is 1.30. The van der Waals surface area contributed by atoms with Crippen LogP contribution in [-0.4, -0.2) is 14.8 Å². The van der Waals surface area contributed by atoms with E-state index < -0.39 is 31.8 Å². The van der Waals surface area contributed by atoms with Gasteiger partial charge in [0.15, 0.2) is 0 Å². The number of anilines is 2. The molecule has 138 valence electrons. The number of rotatable bonds is 5. The Bertz CT molecular complexity index is 1050. The molecule has 13 heteroatoms. The number of benzene rings is 2. The van der Waals surface area contributed by atoms with E-state index >= 15 is 0 Å². The maximum absolute atomic E-state index is 11.3. The van der Waals surface area contributed by atoms with Crippen molar-refractivity contribution in [3.8, 4) is 6.07 Å². The van der Waals surface area contributed by atoms with Gasteiger partial charge in [-0.25, -0.2) is 0 Å². The van der Waals surface area contributed by atoms with E-state index in [2.05, 4.69) is 5.32 Å². The zero-order valence-electron chi connectivity index (χ0n) is 13.2. The van der Waals surface area contributed by atoms with Gasteiger partial charge in [0, 0.05) is 17.7 Å². The average molecular weight is 412 g/mol. The molecular formula is C14H7Cl2N5O6. The van der Waals surface area contributed by atoms with Crippen molar-refractivity contribution in [1.29, 1.82) is 5.26 Å². The van der Waals surface area contributed by atoms with E-state index in [0.29, 0.717) is 6.07 Å². The number of nitriles is 1. The minimum Gasteiger partial charge on any atom is -0.347 e. The van der Waals surface area contributed by atoms with Gasteiger partial charge in [-0.15, -0.1) is 0 Å². The molecule has 0 fully saturated rings. The van der Waals surface area contributed by atoms with Gasteiger partial charge in [0.2, 0.25) is 0 Å². The summed E-state index contributed by atoms with van der Waals surface area (Å²) in [5.41, 5.74) is -2.45. The molecule has 0 atom stereocenters. The Morgan fingerprint density at radius 2 is 1.56 bits per heavy atom. The van der Waals surface area contributed by atoms with Crippen molar-refractivity contribution in [2.45, 2.75) is 6.92 Å². The Balaban J connectivity index is 2.73. The standard InChI is InChI=1S/C14H7Cl2N5O6/c1-6-12(16)10(20(24)25)4-11(21(26)27)13(6)18-14-7(5-17)2-8(19(22)23)3-9(14)15/h2-4,18H,1H3. The van der Waals surface area contributed by atoms with E-state index in [0.717, 1.165) is 12.1 Å². The van der Waals surface area contributed by atoms with Gasteiger partial charge in [-0.2, -0.15) is 5.26 Å². The maximum Gasteiger partial charge on any atom is 0.299 e. The van der Waals surface area contributed by atoms with Crippen molar-refractivity contribution in [3.05, 3.63) is 69.7 Å². The molecule has 0 bridgehead atoms. The minimum absolute atomic E-state index is 0.0316. The lowest BCUT2D eigenvalue weighted by molar-refractivity contribution is -0.393. The molecule has 0 amide bonds. The number of hydrogen-bond acceptors (Lipinski definition) is 8. The first-order valence-corrected chi connectivity index (χ1v) is 7.61. The van der Waals surface area contributed by atoms with Crippen LogP contribution in [0.5, 0.6) is 0 Å². The zero-order valence-corrected chi connectivity index (χ0v) is 14.7. The van der Waals surface area contributed by atoms with Crippen LogP contribution in [0.2, 0.25) is 10.0 Å². The van der Waals surface area contributed by atoms with E-state index in [9.17, 15) is 35.6 Å². The Kier molecular flexibility index (Phi) is 5.44. The quantitative estimate of drug-likeness (QED) is 0.548. The number of non-ortho nitro benzene ring substituents is 1. The van der Waals surface area contributed by atoms with Gasteiger partial charge in [-0.1, -0.05) is 23.2 Å². The molecule has 2 rings (SSSR count). The van der Waals surface area contributed by atoms with Crippen molar-refractivity contribution in [1.82, 2.24) is 0 Å². The Morgan fingerprint density at radius 3 is 2.04 bits per heavy atom. The molecule has 0 saturated carbocycles. The highest BCUT2D eigenvalue weighted by atomic mass is 35.5. The molecule has 11 nitrogen and oxygen atoms in total. The second-order valence-electron chi connectivity index (χ2n) is 5.09. The fourth-order valence-electron chi connectivity index (χ4n) is 2.23. The summed E-state index contributed by atoms with van der Waals surface area (Å²) >= 11 is 11.9. The van der Waals surface area contributed by atoms with Crippen LogP contribution in [0.15, 0.2) is 18.2 Å². The van der Waals surface area contributed by atoms with Crippen molar-refractivity contribution < 1.29 is 14.8 Å². The average Bonchev–Trinajstić information content (AvgIpc) is 2.59. The lowest BCUT2D eigenvalue weighted by Gasteiger charge is -2.14. The molecule has 27 heavy (non-hydrogen) atoms. The summed E-state index contributed by atoms with van der Waals surface area (Å²) < 4.78 is 0. The first-order chi connectivity index (χ1) is 12.6. The number of nitro benzene ring substituents is 3.